The molecule has 0 aliphatic carbocycles. The summed E-state index contributed by atoms with van der Waals surface area (Å²) < 4.78 is 3.87. The number of rotatable bonds is 1. The van der Waals surface area contributed by atoms with Crippen LogP contribution in [-0.2, 0) is 14.3 Å². The van der Waals surface area contributed by atoms with Gasteiger partial charge in [0.15, 0.2) is 0 Å². The molecule has 10 heavy (non-hydrogen) atoms. The summed E-state index contributed by atoms with van der Waals surface area (Å²) in [6.07, 6.45) is 0. The van der Waals surface area contributed by atoms with Crippen molar-refractivity contribution in [1.29, 1.82) is 0 Å². The fourth-order valence-corrected chi connectivity index (χ4v) is 0.231. The lowest BCUT2D eigenvalue weighted by atomic mass is 10.7. The van der Waals surface area contributed by atoms with Crippen LogP contribution in [0.4, 0.5) is 0 Å². The van der Waals surface area contributed by atoms with E-state index < -0.39 is 5.97 Å². The van der Waals surface area contributed by atoms with Gasteiger partial charge in [-0.25, -0.2) is 4.79 Å². The summed E-state index contributed by atoms with van der Waals surface area (Å²) in [5.74, 6) is 1.22. The summed E-state index contributed by atoms with van der Waals surface area (Å²) in [5, 5.41) is 0. The van der Waals surface area contributed by atoms with Crippen LogP contribution >= 0.6 is 0 Å². The van der Waals surface area contributed by atoms with E-state index in [1.165, 1.54) is 4.90 Å². The van der Waals surface area contributed by atoms with Crippen LogP contribution < -0.4 is 0 Å². The normalized spacial score (nSPS) is 7.00. The molecule has 0 bridgehead atoms. The Morgan fingerprint density at radius 3 is 2.60 bits per heavy atom. The minimum Gasteiger partial charge on any atom is -0.386 e. The molecule has 0 saturated heterocycles. The van der Waals surface area contributed by atoms with E-state index >= 15 is 0 Å². The van der Waals surface area contributed by atoms with E-state index in [0.29, 0.717) is 0 Å². The molecule has 54 valence electrons. The smallest absolute Gasteiger partial charge is 0.386 e. The van der Waals surface area contributed by atoms with Crippen molar-refractivity contribution in [2.75, 3.05) is 14.1 Å². The summed E-state index contributed by atoms with van der Waals surface area (Å²) in [4.78, 5) is 21.3. The molecule has 0 aromatic heterocycles. The maximum absolute atomic E-state index is 10.3. The predicted molar refractivity (Wildman–Crippen MR) is 33.6 cm³/mol. The van der Waals surface area contributed by atoms with Crippen molar-refractivity contribution in [1.82, 2.24) is 4.90 Å². The first kappa shape index (κ1) is 8.50. The van der Waals surface area contributed by atoms with Crippen LogP contribution in [0, 0.1) is 12.0 Å². The molecular formula is C6H7NO3. The van der Waals surface area contributed by atoms with Gasteiger partial charge in [-0.2, -0.15) is 0 Å². The Morgan fingerprint density at radius 1 is 1.60 bits per heavy atom. The van der Waals surface area contributed by atoms with Gasteiger partial charge in [0.1, 0.15) is 0 Å². The molecule has 0 amide bonds. The number of carbonyl (C=O) groups is 2. The molecule has 0 N–H and O–H groups in total. The quantitative estimate of drug-likeness (QED) is 0.158. The average molecular weight is 141 g/mol. The Balaban J connectivity index is 3.80. The summed E-state index contributed by atoms with van der Waals surface area (Å²) in [6, 6.07) is 2.38. The van der Waals surface area contributed by atoms with Crippen molar-refractivity contribution in [3.05, 3.63) is 0 Å². The molecule has 0 aliphatic rings. The van der Waals surface area contributed by atoms with Crippen molar-refractivity contribution in [2.45, 2.75) is 0 Å². The van der Waals surface area contributed by atoms with Crippen LogP contribution in [0.3, 0.4) is 0 Å². The number of ether oxygens (including phenoxy) is 1. The zero-order chi connectivity index (χ0) is 7.98. The Bertz CT molecular complexity index is 187. The Labute approximate surface area is 58.8 Å². The third kappa shape index (κ3) is 4.65. The van der Waals surface area contributed by atoms with Crippen molar-refractivity contribution in [3.63, 3.8) is 0 Å². The molecule has 0 saturated carbocycles. The first-order valence-electron chi connectivity index (χ1n) is 2.50. The van der Waals surface area contributed by atoms with E-state index in [1.807, 2.05) is 0 Å². The standard InChI is InChI=1S/C6H7NO3/c1-7(2)4-3-6(9)10-5-8/h5H,1-2H3. The molecule has 0 rings (SSSR count). The lowest BCUT2D eigenvalue weighted by molar-refractivity contribution is -0.146. The Morgan fingerprint density at radius 2 is 2.20 bits per heavy atom. The zero-order valence-corrected chi connectivity index (χ0v) is 5.75. The molecule has 4 nitrogen and oxygen atoms in total. The molecular weight excluding hydrogens is 134 g/mol. The molecule has 4 heteroatoms. The molecule has 0 aromatic rings. The van der Waals surface area contributed by atoms with Gasteiger partial charge in [0, 0.05) is 26.1 Å². The van der Waals surface area contributed by atoms with E-state index in [0.717, 1.165) is 0 Å². The van der Waals surface area contributed by atoms with Gasteiger partial charge in [0.05, 0.1) is 0 Å². The zero-order valence-electron chi connectivity index (χ0n) is 5.75. The maximum atomic E-state index is 10.3. The lowest BCUT2D eigenvalue weighted by Gasteiger charge is -1.95. The van der Waals surface area contributed by atoms with Gasteiger partial charge in [0.25, 0.3) is 0 Å². The highest BCUT2D eigenvalue weighted by Gasteiger charge is 1.91. The average Bonchev–Trinajstić information content (AvgIpc) is 1.85. The maximum Gasteiger partial charge on any atom is 0.393 e. The first-order chi connectivity index (χ1) is 4.66. The van der Waals surface area contributed by atoms with E-state index in [-0.39, 0.29) is 6.47 Å². The topological polar surface area (TPSA) is 46.6 Å². The third-order valence-electron chi connectivity index (χ3n) is 0.537. The van der Waals surface area contributed by atoms with Crippen molar-refractivity contribution in [3.8, 4) is 12.0 Å². The monoisotopic (exact) mass is 141 g/mol. The fraction of sp³-hybridized carbons (Fsp3) is 0.333. The number of esters is 1. The molecule has 0 aliphatic heterocycles. The highest BCUT2D eigenvalue weighted by atomic mass is 16.6. The Hall–Kier alpha value is -1.50. The van der Waals surface area contributed by atoms with Crippen LogP contribution in [0.15, 0.2) is 0 Å². The first-order valence-corrected chi connectivity index (χ1v) is 2.50. The molecule has 0 spiro atoms. The molecule has 0 heterocycles. The van der Waals surface area contributed by atoms with E-state index in [1.54, 1.807) is 14.1 Å². The van der Waals surface area contributed by atoms with Gasteiger partial charge < -0.3 is 9.64 Å². The molecule has 0 aromatic carbocycles. The summed E-state index contributed by atoms with van der Waals surface area (Å²) in [6.45, 7) is 0.0483. The van der Waals surface area contributed by atoms with Crippen LogP contribution in [0.5, 0.6) is 0 Å². The second-order valence-electron chi connectivity index (χ2n) is 1.63. The van der Waals surface area contributed by atoms with Gasteiger partial charge in [-0.15, -0.1) is 0 Å². The fourth-order valence-electron chi connectivity index (χ4n) is 0.231. The lowest BCUT2D eigenvalue weighted by Crippen LogP contribution is -2.04. The van der Waals surface area contributed by atoms with Gasteiger partial charge in [-0.1, -0.05) is 0 Å². The minimum atomic E-state index is -0.844. The SMILES string of the molecule is CN(C)C#CC(=O)OC=O. The number of carbonyl (C=O) groups excluding carboxylic acids is 2. The van der Waals surface area contributed by atoms with E-state index in [4.69, 9.17) is 0 Å². The molecule has 0 radical (unpaired) electrons. The second kappa shape index (κ2) is 4.39. The van der Waals surface area contributed by atoms with E-state index in [2.05, 4.69) is 16.7 Å². The van der Waals surface area contributed by atoms with Crippen LogP contribution in [0.25, 0.3) is 0 Å². The number of nitrogens with zero attached hydrogens (tertiary/aromatic N) is 1. The number of hydrogen-bond acceptors (Lipinski definition) is 4. The van der Waals surface area contributed by atoms with Crippen LogP contribution in [0.1, 0.15) is 0 Å². The highest BCUT2D eigenvalue weighted by molar-refractivity contribution is 5.92. The summed E-state index contributed by atoms with van der Waals surface area (Å²) >= 11 is 0. The second-order valence-corrected chi connectivity index (χ2v) is 1.63. The highest BCUT2D eigenvalue weighted by Crippen LogP contribution is 1.70. The van der Waals surface area contributed by atoms with Crippen molar-refractivity contribution < 1.29 is 14.3 Å². The van der Waals surface area contributed by atoms with Gasteiger partial charge in [0.2, 0.25) is 0 Å². The predicted octanol–water partition coefficient (Wildman–Crippen LogP) is -0.792. The molecule has 0 unspecified atom stereocenters. The summed E-state index contributed by atoms with van der Waals surface area (Å²) in [5.41, 5.74) is 0. The number of hydrogen-bond donors (Lipinski definition) is 0. The van der Waals surface area contributed by atoms with Gasteiger partial charge in [-0.05, 0) is 0 Å². The van der Waals surface area contributed by atoms with Gasteiger partial charge >= 0.3 is 12.4 Å². The van der Waals surface area contributed by atoms with E-state index in [9.17, 15) is 9.59 Å². The Kier molecular flexibility index (Phi) is 3.73. The van der Waals surface area contributed by atoms with Crippen LogP contribution in [-0.4, -0.2) is 31.4 Å². The van der Waals surface area contributed by atoms with Crippen molar-refractivity contribution >= 4 is 12.4 Å². The minimum absolute atomic E-state index is 0.0483. The third-order valence-corrected chi connectivity index (χ3v) is 0.537. The summed E-state index contributed by atoms with van der Waals surface area (Å²) in [7, 11) is 3.34. The largest absolute Gasteiger partial charge is 0.393 e. The molecule has 0 atom stereocenters. The molecule has 0 fully saturated rings. The van der Waals surface area contributed by atoms with Crippen LogP contribution in [0.2, 0.25) is 0 Å². The van der Waals surface area contributed by atoms with Crippen molar-refractivity contribution in [2.24, 2.45) is 0 Å². The van der Waals surface area contributed by atoms with Gasteiger partial charge in [-0.3, -0.25) is 4.79 Å².